The van der Waals surface area contributed by atoms with E-state index in [1.165, 1.54) is 0 Å². The predicted molar refractivity (Wildman–Crippen MR) is 83.7 cm³/mol. The Morgan fingerprint density at radius 1 is 1.41 bits per heavy atom. The Kier molecular flexibility index (Phi) is 6.11. The van der Waals surface area contributed by atoms with Crippen molar-refractivity contribution in [3.63, 3.8) is 0 Å². The summed E-state index contributed by atoms with van der Waals surface area (Å²) in [7, 11) is 5.89. The minimum Gasteiger partial charge on any atom is -0.481 e. The molecular formula is C15H27N4O3+. The minimum absolute atomic E-state index is 0.0938. The molecule has 0 saturated heterocycles. The van der Waals surface area contributed by atoms with Crippen molar-refractivity contribution in [1.82, 2.24) is 15.1 Å². The summed E-state index contributed by atoms with van der Waals surface area (Å²) in [6, 6.07) is -0.418. The molecule has 2 N–H and O–H groups in total. The van der Waals surface area contributed by atoms with E-state index in [1.807, 2.05) is 28.1 Å². The molecule has 0 aliphatic carbocycles. The fourth-order valence-electron chi connectivity index (χ4n) is 2.38. The van der Waals surface area contributed by atoms with Gasteiger partial charge in [-0.15, -0.1) is 0 Å². The van der Waals surface area contributed by atoms with Crippen molar-refractivity contribution in [3.8, 4) is 0 Å². The molecule has 1 aromatic rings. The standard InChI is InChI=1S/C15H26N4O3/c1-6-7-18-9-13(11(2)17-18)15(22)16-12(8-14(20)21)10-19(3,4)5/h9,12H,6-8,10H2,1-5H3,(H-,16,20,21,22)/p+1. The van der Waals surface area contributed by atoms with E-state index in [2.05, 4.69) is 10.4 Å². The molecule has 0 aliphatic rings. The molecule has 0 radical (unpaired) electrons. The quantitative estimate of drug-likeness (QED) is 0.698. The second kappa shape index (κ2) is 7.40. The molecule has 1 atom stereocenters. The van der Waals surface area contributed by atoms with Crippen LogP contribution in [-0.4, -0.2) is 65.0 Å². The van der Waals surface area contributed by atoms with Gasteiger partial charge >= 0.3 is 5.97 Å². The van der Waals surface area contributed by atoms with E-state index in [9.17, 15) is 9.59 Å². The van der Waals surface area contributed by atoms with Crippen LogP contribution in [0.3, 0.4) is 0 Å². The lowest BCUT2D eigenvalue weighted by molar-refractivity contribution is -0.871. The van der Waals surface area contributed by atoms with E-state index < -0.39 is 12.0 Å². The summed E-state index contributed by atoms with van der Waals surface area (Å²) in [5.41, 5.74) is 1.16. The number of carboxylic acid groups (broad SMARTS) is 1. The number of aryl methyl sites for hydroxylation is 2. The van der Waals surface area contributed by atoms with Crippen molar-refractivity contribution in [1.29, 1.82) is 0 Å². The first-order chi connectivity index (χ1) is 10.1. The zero-order valence-corrected chi connectivity index (χ0v) is 14.1. The van der Waals surface area contributed by atoms with Gasteiger partial charge in [0.25, 0.3) is 5.91 Å². The van der Waals surface area contributed by atoms with Crippen LogP contribution in [0, 0.1) is 6.92 Å². The summed E-state index contributed by atoms with van der Waals surface area (Å²) in [4.78, 5) is 23.4. The van der Waals surface area contributed by atoms with Crippen molar-refractivity contribution < 1.29 is 19.2 Å². The maximum absolute atomic E-state index is 12.4. The third-order valence-electron chi connectivity index (χ3n) is 3.17. The van der Waals surface area contributed by atoms with E-state index >= 15 is 0 Å². The number of likely N-dealkylation sites (N-methyl/N-ethyl adjacent to an activating group) is 1. The highest BCUT2D eigenvalue weighted by Crippen LogP contribution is 2.08. The first-order valence-electron chi connectivity index (χ1n) is 7.49. The second-order valence-corrected chi connectivity index (χ2v) is 6.63. The molecule has 1 unspecified atom stereocenters. The number of rotatable bonds is 8. The topological polar surface area (TPSA) is 84.2 Å². The van der Waals surface area contributed by atoms with E-state index in [1.54, 1.807) is 17.8 Å². The summed E-state index contributed by atoms with van der Waals surface area (Å²) in [6.07, 6.45) is 2.56. The lowest BCUT2D eigenvalue weighted by Crippen LogP contribution is -2.49. The average Bonchev–Trinajstić information content (AvgIpc) is 2.67. The zero-order valence-electron chi connectivity index (χ0n) is 14.1. The monoisotopic (exact) mass is 311 g/mol. The molecule has 0 spiro atoms. The van der Waals surface area contributed by atoms with Gasteiger partial charge in [0, 0.05) is 12.7 Å². The Bertz CT molecular complexity index is 531. The van der Waals surface area contributed by atoms with Crippen LogP contribution < -0.4 is 5.32 Å². The van der Waals surface area contributed by atoms with Crippen LogP contribution in [0.15, 0.2) is 6.20 Å². The smallest absolute Gasteiger partial charge is 0.305 e. The molecule has 1 rings (SSSR count). The summed E-state index contributed by atoms with van der Waals surface area (Å²) in [5, 5.41) is 16.1. The summed E-state index contributed by atoms with van der Waals surface area (Å²) >= 11 is 0. The maximum atomic E-state index is 12.4. The Morgan fingerprint density at radius 3 is 2.55 bits per heavy atom. The van der Waals surface area contributed by atoms with E-state index in [4.69, 9.17) is 5.11 Å². The third-order valence-corrected chi connectivity index (χ3v) is 3.17. The fourth-order valence-corrected chi connectivity index (χ4v) is 2.38. The summed E-state index contributed by atoms with van der Waals surface area (Å²) in [5.74, 6) is -1.18. The number of carbonyl (C=O) groups excluding carboxylic acids is 1. The number of nitrogens with zero attached hydrogens (tertiary/aromatic N) is 3. The van der Waals surface area contributed by atoms with Crippen LogP contribution in [0.1, 0.15) is 35.8 Å². The van der Waals surface area contributed by atoms with Crippen LogP contribution >= 0.6 is 0 Å². The Labute approximate surface area is 131 Å². The molecular weight excluding hydrogens is 284 g/mol. The van der Waals surface area contributed by atoms with Crippen molar-refractivity contribution in [2.45, 2.75) is 39.3 Å². The lowest BCUT2D eigenvalue weighted by atomic mass is 10.1. The number of hydrogen-bond donors (Lipinski definition) is 2. The molecule has 1 heterocycles. The number of carboxylic acids is 1. The summed E-state index contributed by atoms with van der Waals surface area (Å²) < 4.78 is 2.32. The van der Waals surface area contributed by atoms with Crippen molar-refractivity contribution in [2.75, 3.05) is 27.7 Å². The van der Waals surface area contributed by atoms with Crippen LogP contribution in [0.5, 0.6) is 0 Å². The van der Waals surface area contributed by atoms with Crippen molar-refractivity contribution >= 4 is 11.9 Å². The first kappa shape index (κ1) is 18.2. The molecule has 0 aliphatic heterocycles. The van der Waals surface area contributed by atoms with Gasteiger partial charge in [-0.25, -0.2) is 0 Å². The molecule has 0 fully saturated rings. The Balaban J connectivity index is 2.83. The van der Waals surface area contributed by atoms with Gasteiger partial charge in [-0.2, -0.15) is 5.10 Å². The lowest BCUT2D eigenvalue weighted by Gasteiger charge is -2.29. The SMILES string of the molecule is CCCn1cc(C(=O)NC(CC(=O)O)C[N+](C)(C)C)c(C)n1. The highest BCUT2D eigenvalue weighted by atomic mass is 16.4. The molecule has 1 amide bonds. The largest absolute Gasteiger partial charge is 0.481 e. The number of amides is 1. The zero-order chi connectivity index (χ0) is 16.9. The fraction of sp³-hybridized carbons (Fsp3) is 0.667. The Morgan fingerprint density at radius 2 is 2.05 bits per heavy atom. The molecule has 22 heavy (non-hydrogen) atoms. The van der Waals surface area contributed by atoms with Gasteiger partial charge in [0.1, 0.15) is 0 Å². The van der Waals surface area contributed by atoms with Crippen LogP contribution in [-0.2, 0) is 11.3 Å². The maximum Gasteiger partial charge on any atom is 0.305 e. The van der Waals surface area contributed by atoms with Crippen molar-refractivity contribution in [3.05, 3.63) is 17.5 Å². The van der Waals surface area contributed by atoms with Crippen LogP contribution in [0.2, 0.25) is 0 Å². The van der Waals surface area contributed by atoms with E-state index in [0.29, 0.717) is 22.3 Å². The normalized spacial score (nSPS) is 13.0. The first-order valence-corrected chi connectivity index (χ1v) is 7.49. The van der Waals surface area contributed by atoms with Gasteiger partial charge in [0.15, 0.2) is 0 Å². The van der Waals surface area contributed by atoms with Gasteiger partial charge < -0.3 is 14.9 Å². The number of nitrogens with one attached hydrogen (secondary N) is 1. The predicted octanol–water partition coefficient (Wildman–Crippen LogP) is 0.881. The Hall–Kier alpha value is -1.89. The molecule has 0 saturated carbocycles. The molecule has 7 heteroatoms. The van der Waals surface area contributed by atoms with Gasteiger partial charge in [-0.1, -0.05) is 6.92 Å². The van der Waals surface area contributed by atoms with E-state index in [0.717, 1.165) is 13.0 Å². The molecule has 1 aromatic heterocycles. The number of quaternary nitrogens is 1. The molecule has 7 nitrogen and oxygen atoms in total. The van der Waals surface area contributed by atoms with Crippen LogP contribution in [0.25, 0.3) is 0 Å². The highest BCUT2D eigenvalue weighted by Gasteiger charge is 2.24. The van der Waals surface area contributed by atoms with Gasteiger partial charge in [0.2, 0.25) is 0 Å². The highest BCUT2D eigenvalue weighted by molar-refractivity contribution is 5.95. The number of carbonyl (C=O) groups is 2. The van der Waals surface area contributed by atoms with Gasteiger partial charge in [-0.05, 0) is 13.3 Å². The molecule has 124 valence electrons. The molecule has 0 aromatic carbocycles. The summed E-state index contributed by atoms with van der Waals surface area (Å²) in [6.45, 7) is 5.12. The van der Waals surface area contributed by atoms with Gasteiger partial charge in [0.05, 0.1) is 51.4 Å². The average molecular weight is 311 g/mol. The third kappa shape index (κ3) is 5.85. The molecule has 0 bridgehead atoms. The minimum atomic E-state index is -0.919. The van der Waals surface area contributed by atoms with Crippen LogP contribution in [0.4, 0.5) is 0 Å². The van der Waals surface area contributed by atoms with Gasteiger partial charge in [-0.3, -0.25) is 14.3 Å². The van der Waals surface area contributed by atoms with Crippen molar-refractivity contribution in [2.24, 2.45) is 0 Å². The van der Waals surface area contributed by atoms with E-state index in [-0.39, 0.29) is 12.3 Å². The number of aromatic nitrogens is 2. The number of hydrogen-bond acceptors (Lipinski definition) is 3. The second-order valence-electron chi connectivity index (χ2n) is 6.63. The number of aliphatic carboxylic acids is 1.